The van der Waals surface area contributed by atoms with Crippen molar-refractivity contribution in [2.24, 2.45) is 5.73 Å². The molecule has 0 saturated carbocycles. The summed E-state index contributed by atoms with van der Waals surface area (Å²) in [6, 6.07) is 9.83. The van der Waals surface area contributed by atoms with Gasteiger partial charge in [-0.05, 0) is 25.0 Å². The van der Waals surface area contributed by atoms with E-state index in [4.69, 9.17) is 22.1 Å². The molecule has 0 amide bonds. The maximum Gasteiger partial charge on any atom is 0.205 e. The van der Waals surface area contributed by atoms with Gasteiger partial charge in [-0.25, -0.2) is 4.98 Å². The van der Waals surface area contributed by atoms with Gasteiger partial charge < -0.3 is 10.5 Å². The number of nitriles is 1. The maximum atomic E-state index is 12.6. The molecule has 1 aromatic carbocycles. The Morgan fingerprint density at radius 3 is 2.96 bits per heavy atom. The molecule has 1 aliphatic heterocycles. The number of fused-ring (bicyclic) bond motifs is 1. The van der Waals surface area contributed by atoms with Crippen molar-refractivity contribution in [2.75, 3.05) is 0 Å². The number of pyridine rings is 1. The van der Waals surface area contributed by atoms with E-state index in [0.29, 0.717) is 36.2 Å². The molecular weight excluding hydrogens is 350 g/mol. The van der Waals surface area contributed by atoms with Gasteiger partial charge in [0.05, 0.1) is 11.4 Å². The van der Waals surface area contributed by atoms with Gasteiger partial charge in [0.15, 0.2) is 5.78 Å². The highest BCUT2D eigenvalue weighted by Crippen LogP contribution is 2.45. The summed E-state index contributed by atoms with van der Waals surface area (Å²) < 4.78 is 5.59. The number of nitrogens with zero attached hydrogens (tertiary/aromatic N) is 2. The van der Waals surface area contributed by atoms with E-state index in [1.165, 1.54) is 0 Å². The minimum Gasteiger partial charge on any atom is -0.444 e. The van der Waals surface area contributed by atoms with Gasteiger partial charge in [0.1, 0.15) is 22.6 Å². The van der Waals surface area contributed by atoms with Crippen molar-refractivity contribution in [3.8, 4) is 6.07 Å². The topological polar surface area (TPSA) is 89.0 Å². The predicted molar refractivity (Wildman–Crippen MR) is 98.0 cm³/mol. The van der Waals surface area contributed by atoms with Crippen LogP contribution < -0.4 is 5.73 Å². The molecule has 6 heteroatoms. The Kier molecular flexibility index (Phi) is 3.93. The van der Waals surface area contributed by atoms with Gasteiger partial charge in [0, 0.05) is 29.4 Å². The summed E-state index contributed by atoms with van der Waals surface area (Å²) in [7, 11) is 0. The van der Waals surface area contributed by atoms with Crippen LogP contribution in [0.4, 0.5) is 0 Å². The Morgan fingerprint density at radius 1 is 1.38 bits per heavy atom. The number of benzene rings is 1. The van der Waals surface area contributed by atoms with Crippen molar-refractivity contribution in [1.29, 1.82) is 5.26 Å². The fraction of sp³-hybridized carbons (Fsp3) is 0.250. The van der Waals surface area contributed by atoms with Crippen molar-refractivity contribution in [3.63, 3.8) is 0 Å². The van der Waals surface area contributed by atoms with Gasteiger partial charge >= 0.3 is 0 Å². The molecule has 0 saturated heterocycles. The SMILES string of the molecule is Cc1cccc2cc([C@H]3C(C#N)=C(N)OC4=C3C(=O)CCC4)c(Cl)nc12. The highest BCUT2D eigenvalue weighted by molar-refractivity contribution is 6.31. The minimum absolute atomic E-state index is 0.0306. The number of hydrogen-bond acceptors (Lipinski definition) is 5. The van der Waals surface area contributed by atoms with E-state index in [1.807, 2.05) is 31.2 Å². The van der Waals surface area contributed by atoms with Crippen molar-refractivity contribution in [1.82, 2.24) is 4.98 Å². The van der Waals surface area contributed by atoms with Crippen molar-refractivity contribution in [3.05, 3.63) is 63.3 Å². The molecule has 2 heterocycles. The van der Waals surface area contributed by atoms with Gasteiger partial charge in [-0.15, -0.1) is 0 Å². The second kappa shape index (κ2) is 6.15. The fourth-order valence-electron chi connectivity index (χ4n) is 3.71. The van der Waals surface area contributed by atoms with E-state index < -0.39 is 5.92 Å². The molecule has 5 nitrogen and oxygen atoms in total. The summed E-state index contributed by atoms with van der Waals surface area (Å²) in [5.41, 5.74) is 9.08. The molecular formula is C20H16ClN3O2. The van der Waals surface area contributed by atoms with Crippen molar-refractivity contribution >= 4 is 28.3 Å². The molecule has 2 N–H and O–H groups in total. The van der Waals surface area contributed by atoms with Crippen LogP contribution in [0.15, 0.2) is 47.1 Å². The molecule has 1 aromatic heterocycles. The summed E-state index contributed by atoms with van der Waals surface area (Å²) in [6.45, 7) is 1.96. The van der Waals surface area contributed by atoms with E-state index in [0.717, 1.165) is 16.5 Å². The van der Waals surface area contributed by atoms with Gasteiger partial charge in [-0.2, -0.15) is 5.26 Å². The lowest BCUT2D eigenvalue weighted by Gasteiger charge is -2.31. The average Bonchev–Trinajstić information content (AvgIpc) is 2.61. The third-order valence-corrected chi connectivity index (χ3v) is 5.25. The standard InChI is InChI=1S/C20H16ClN3O2/c1-10-4-2-5-11-8-12(19(21)24-18(10)11)16-13(9-22)20(23)26-15-7-3-6-14(25)17(15)16/h2,4-5,8,16H,3,6-7,23H2,1H3/t16-/m0/s1. The number of aryl methyl sites for hydroxylation is 1. The normalized spacial score (nSPS) is 20.0. The molecule has 1 aliphatic carbocycles. The molecule has 0 bridgehead atoms. The molecule has 0 radical (unpaired) electrons. The van der Waals surface area contributed by atoms with Crippen molar-refractivity contribution < 1.29 is 9.53 Å². The zero-order valence-corrected chi connectivity index (χ0v) is 14.9. The number of halogens is 1. The molecule has 0 unspecified atom stereocenters. The van der Waals surface area contributed by atoms with Gasteiger partial charge in [0.2, 0.25) is 5.88 Å². The van der Waals surface area contributed by atoms with Crippen LogP contribution in [0.5, 0.6) is 0 Å². The van der Waals surface area contributed by atoms with E-state index in [-0.39, 0.29) is 22.4 Å². The number of nitrogens with two attached hydrogens (primary N) is 1. The van der Waals surface area contributed by atoms with Crippen LogP contribution in [-0.4, -0.2) is 10.8 Å². The minimum atomic E-state index is -0.638. The Morgan fingerprint density at radius 2 is 2.19 bits per heavy atom. The highest BCUT2D eigenvalue weighted by atomic mass is 35.5. The number of hydrogen-bond donors (Lipinski definition) is 1. The molecule has 2 aliphatic rings. The van der Waals surface area contributed by atoms with Crippen LogP contribution in [-0.2, 0) is 9.53 Å². The zero-order valence-electron chi connectivity index (χ0n) is 14.2. The number of ether oxygens (including phenoxy) is 1. The van der Waals surface area contributed by atoms with Crippen LogP contribution in [0.2, 0.25) is 5.15 Å². The molecule has 2 aromatic rings. The van der Waals surface area contributed by atoms with E-state index >= 15 is 0 Å². The van der Waals surface area contributed by atoms with E-state index in [2.05, 4.69) is 11.1 Å². The van der Waals surface area contributed by atoms with Crippen molar-refractivity contribution in [2.45, 2.75) is 32.1 Å². The second-order valence-electron chi connectivity index (χ2n) is 6.55. The molecule has 0 fully saturated rings. The largest absolute Gasteiger partial charge is 0.444 e. The van der Waals surface area contributed by atoms with E-state index in [9.17, 15) is 10.1 Å². The predicted octanol–water partition coefficient (Wildman–Crippen LogP) is 4.01. The fourth-order valence-corrected chi connectivity index (χ4v) is 3.96. The summed E-state index contributed by atoms with van der Waals surface area (Å²) >= 11 is 6.50. The molecule has 130 valence electrons. The van der Waals surface area contributed by atoms with Gasteiger partial charge in [-0.1, -0.05) is 29.8 Å². The van der Waals surface area contributed by atoms with Crippen LogP contribution in [0.3, 0.4) is 0 Å². The summed E-state index contributed by atoms with van der Waals surface area (Å²) in [4.78, 5) is 17.2. The Bertz CT molecular complexity index is 1060. The monoisotopic (exact) mass is 365 g/mol. The quantitative estimate of drug-likeness (QED) is 0.771. The van der Waals surface area contributed by atoms with Gasteiger partial charge in [-0.3, -0.25) is 4.79 Å². The number of carbonyl (C=O) groups is 1. The molecule has 0 spiro atoms. The average molecular weight is 366 g/mol. The first kappa shape index (κ1) is 16.6. The Labute approximate surface area is 155 Å². The smallest absolute Gasteiger partial charge is 0.205 e. The lowest BCUT2D eigenvalue weighted by molar-refractivity contribution is -0.116. The Hall–Kier alpha value is -2.84. The molecule has 4 rings (SSSR count). The third-order valence-electron chi connectivity index (χ3n) is 4.94. The second-order valence-corrected chi connectivity index (χ2v) is 6.91. The summed E-state index contributed by atoms with van der Waals surface area (Å²) in [5.74, 6) is -0.0899. The number of aromatic nitrogens is 1. The summed E-state index contributed by atoms with van der Waals surface area (Å²) in [5, 5.41) is 10.8. The number of Topliss-reactive ketones (excluding diaryl/α,β-unsaturated/α-hetero) is 1. The van der Waals surface area contributed by atoms with Crippen LogP contribution in [0.25, 0.3) is 10.9 Å². The van der Waals surface area contributed by atoms with Gasteiger partial charge in [0.25, 0.3) is 0 Å². The number of ketones is 1. The highest BCUT2D eigenvalue weighted by Gasteiger charge is 2.39. The first-order valence-electron chi connectivity index (χ1n) is 8.41. The maximum absolute atomic E-state index is 12.6. The van der Waals surface area contributed by atoms with Crippen LogP contribution >= 0.6 is 11.6 Å². The summed E-state index contributed by atoms with van der Waals surface area (Å²) in [6.07, 6.45) is 1.76. The van der Waals surface area contributed by atoms with Crippen LogP contribution in [0.1, 0.15) is 36.3 Å². The first-order valence-corrected chi connectivity index (χ1v) is 8.78. The first-order chi connectivity index (χ1) is 12.5. The number of para-hydroxylation sites is 1. The number of rotatable bonds is 1. The number of carbonyl (C=O) groups excluding carboxylic acids is 1. The lowest BCUT2D eigenvalue weighted by Crippen LogP contribution is -2.27. The number of allylic oxidation sites excluding steroid dienone is 3. The van der Waals surface area contributed by atoms with E-state index in [1.54, 1.807) is 0 Å². The third kappa shape index (κ3) is 2.46. The molecule has 1 atom stereocenters. The zero-order chi connectivity index (χ0) is 18.4. The van der Waals surface area contributed by atoms with Crippen LogP contribution in [0, 0.1) is 18.3 Å². The Balaban J connectivity index is 1.99. The molecule has 26 heavy (non-hydrogen) atoms. The lowest BCUT2D eigenvalue weighted by atomic mass is 9.78.